The van der Waals surface area contributed by atoms with Gasteiger partial charge < -0.3 is 40.4 Å². The van der Waals surface area contributed by atoms with Crippen LogP contribution in [-0.2, 0) is 20.7 Å². The van der Waals surface area contributed by atoms with E-state index < -0.39 is 99.9 Å². The third kappa shape index (κ3) is 5.62. The molecule has 6 atom stereocenters. The first-order valence-corrected chi connectivity index (χ1v) is 15.9. The first kappa shape index (κ1) is 32.8. The third-order valence-electron chi connectivity index (χ3n) is 9.01. The maximum absolute atomic E-state index is 13.9. The molecule has 0 amide bonds. The van der Waals surface area contributed by atoms with Crippen LogP contribution < -0.4 is 10.5 Å². The van der Waals surface area contributed by atoms with Crippen LogP contribution in [0.1, 0.15) is 79.2 Å². The van der Waals surface area contributed by atoms with Gasteiger partial charge >= 0.3 is 0 Å². The number of rotatable bonds is 7. The molecule has 0 spiro atoms. The van der Waals surface area contributed by atoms with Crippen molar-refractivity contribution in [1.29, 1.82) is 0 Å². The second-order valence-electron chi connectivity index (χ2n) is 11.9. The lowest BCUT2D eigenvalue weighted by Crippen LogP contribution is -2.53. The van der Waals surface area contributed by atoms with E-state index in [1.165, 1.54) is 25.3 Å². The Labute approximate surface area is 273 Å². The molecule has 3 aromatic carbocycles. The van der Waals surface area contributed by atoms with Gasteiger partial charge in [-0.2, -0.15) is 0 Å². The fourth-order valence-corrected chi connectivity index (χ4v) is 7.36. The largest absolute Gasteiger partial charge is 0.507 e. The average molecular weight is 664 g/mol. The maximum Gasteiger partial charge on any atom is 0.219 e. The number of nitrogens with two attached hydrogens (primary N) is 1. The number of ether oxygens (including phenoxy) is 3. The number of methoxy groups -OCH3 is 1. The fraction of sp³-hybridized carbons (Fsp3) is 0.353. The molecule has 13 heteroatoms. The number of phenolic OH excluding ortho intramolecular Hbond substituents is 2. The smallest absolute Gasteiger partial charge is 0.219 e. The number of carbonyl (C=O) groups excluding carboxylic acids is 4. The van der Waals surface area contributed by atoms with Crippen molar-refractivity contribution in [3.05, 3.63) is 87.5 Å². The van der Waals surface area contributed by atoms with Gasteiger partial charge in [0, 0.05) is 47.6 Å². The lowest BCUT2D eigenvalue weighted by atomic mass is 9.72. The van der Waals surface area contributed by atoms with Gasteiger partial charge in [0.2, 0.25) is 10.9 Å². The number of ketones is 3. The summed E-state index contributed by atoms with van der Waals surface area (Å²) in [6, 6.07) is 11.9. The Kier molecular flexibility index (Phi) is 8.72. The molecule has 0 radical (unpaired) electrons. The number of fused-ring (bicyclic) bond motifs is 3. The van der Waals surface area contributed by atoms with Crippen molar-refractivity contribution in [1.82, 2.24) is 0 Å². The zero-order valence-corrected chi connectivity index (χ0v) is 26.3. The monoisotopic (exact) mass is 663 g/mol. The van der Waals surface area contributed by atoms with Crippen LogP contribution in [0.15, 0.2) is 48.5 Å². The van der Waals surface area contributed by atoms with Crippen molar-refractivity contribution >= 4 is 34.2 Å². The van der Waals surface area contributed by atoms with Crippen molar-refractivity contribution in [2.75, 3.05) is 12.9 Å². The van der Waals surface area contributed by atoms with Crippen LogP contribution in [0.4, 0.5) is 0 Å². The van der Waals surface area contributed by atoms with Gasteiger partial charge in [-0.1, -0.05) is 54.2 Å². The molecule has 6 N–H and O–H groups in total. The van der Waals surface area contributed by atoms with Gasteiger partial charge in [0.05, 0.1) is 47.9 Å². The summed E-state index contributed by atoms with van der Waals surface area (Å²) in [6.45, 7) is 1.59. The number of carbonyl (C=O) groups is 4. The number of aliphatic hydroxyl groups excluding tert-OH is 1. The van der Waals surface area contributed by atoms with Crippen LogP contribution in [0.2, 0.25) is 0 Å². The molecule has 0 aromatic heterocycles. The van der Waals surface area contributed by atoms with E-state index in [1.807, 2.05) is 0 Å². The molecule has 0 saturated carbocycles. The lowest BCUT2D eigenvalue weighted by molar-refractivity contribution is -0.247. The lowest BCUT2D eigenvalue weighted by Gasteiger charge is -2.42. The molecule has 1 saturated heterocycles. The molecule has 1 fully saturated rings. The summed E-state index contributed by atoms with van der Waals surface area (Å²) in [7, 11) is 1.33. The predicted molar refractivity (Wildman–Crippen MR) is 168 cm³/mol. The third-order valence-corrected chi connectivity index (χ3v) is 9.91. The minimum atomic E-state index is -2.23. The summed E-state index contributed by atoms with van der Waals surface area (Å²) in [5.74, 6) is -4.00. The topological polar surface area (TPSA) is 203 Å². The Balaban J connectivity index is 1.42. The highest BCUT2D eigenvalue weighted by molar-refractivity contribution is 8.14. The number of hydrogen-bond donors (Lipinski definition) is 5. The number of phenols is 2. The number of aromatic hydroxyl groups is 2. The van der Waals surface area contributed by atoms with E-state index in [0.717, 1.165) is 0 Å². The predicted octanol–water partition coefficient (Wildman–Crippen LogP) is 2.58. The van der Waals surface area contributed by atoms with Crippen molar-refractivity contribution in [3.63, 3.8) is 0 Å². The summed E-state index contributed by atoms with van der Waals surface area (Å²) in [6.07, 6.45) is -5.19. The first-order valence-electron chi connectivity index (χ1n) is 15.0. The Morgan fingerprint density at radius 2 is 1.72 bits per heavy atom. The Morgan fingerprint density at radius 1 is 1.02 bits per heavy atom. The van der Waals surface area contributed by atoms with Crippen molar-refractivity contribution in [2.45, 2.75) is 62.4 Å². The summed E-state index contributed by atoms with van der Waals surface area (Å²) in [4.78, 5) is 54.0. The van der Waals surface area contributed by atoms with Crippen LogP contribution in [0.3, 0.4) is 0 Å². The molecule has 6 rings (SSSR count). The van der Waals surface area contributed by atoms with Gasteiger partial charge in [0.15, 0.2) is 17.9 Å². The zero-order valence-electron chi connectivity index (χ0n) is 25.5. The number of thioether (sulfide) groups is 1. The molecular weight excluding hydrogens is 630 g/mol. The van der Waals surface area contributed by atoms with Gasteiger partial charge in [-0.3, -0.25) is 19.2 Å². The van der Waals surface area contributed by atoms with Crippen LogP contribution in [-0.4, -0.2) is 85.9 Å². The van der Waals surface area contributed by atoms with E-state index in [0.29, 0.717) is 17.3 Å². The van der Waals surface area contributed by atoms with Gasteiger partial charge in [-0.15, -0.1) is 0 Å². The van der Waals surface area contributed by atoms with E-state index >= 15 is 0 Å². The SMILES string of the molecule is COc1cccc2c1C(=O)c1c(O)c3c(c(O)c1C2=O)C[C@@](O)(C(=O)CSC(=O)c1ccccc1)C[C@@H]3OC1CC(N)C(O)C(C)O1. The molecule has 3 aromatic rings. The molecule has 246 valence electrons. The molecule has 3 aliphatic rings. The van der Waals surface area contributed by atoms with Crippen molar-refractivity contribution in [3.8, 4) is 17.2 Å². The average Bonchev–Trinajstić information content (AvgIpc) is 3.06. The fourth-order valence-electron chi connectivity index (χ4n) is 6.53. The highest BCUT2D eigenvalue weighted by Gasteiger charge is 2.50. The minimum absolute atomic E-state index is 0.00478. The second-order valence-corrected chi connectivity index (χ2v) is 12.9. The second kappa shape index (κ2) is 12.5. The summed E-state index contributed by atoms with van der Waals surface area (Å²) in [5.41, 5.74) is 2.85. The van der Waals surface area contributed by atoms with Gasteiger partial charge in [0.1, 0.15) is 22.8 Å². The van der Waals surface area contributed by atoms with E-state index in [-0.39, 0.29) is 34.4 Å². The summed E-state index contributed by atoms with van der Waals surface area (Å²) >= 11 is 0.695. The molecule has 47 heavy (non-hydrogen) atoms. The van der Waals surface area contributed by atoms with Gasteiger partial charge in [-0.25, -0.2) is 0 Å². The van der Waals surface area contributed by atoms with E-state index in [1.54, 1.807) is 37.3 Å². The molecule has 0 bridgehead atoms. The van der Waals surface area contributed by atoms with Crippen LogP contribution >= 0.6 is 11.8 Å². The highest BCUT2D eigenvalue weighted by Crippen LogP contribution is 2.52. The Hall–Kier alpha value is -4.11. The molecule has 1 aliphatic heterocycles. The zero-order chi connectivity index (χ0) is 33.8. The van der Waals surface area contributed by atoms with Crippen molar-refractivity contribution < 1.29 is 53.8 Å². The van der Waals surface area contributed by atoms with Crippen molar-refractivity contribution in [2.24, 2.45) is 5.73 Å². The normalized spacial score (nSPS) is 26.6. The number of hydrogen-bond acceptors (Lipinski definition) is 13. The standard InChI is InChI=1S/C34H33NO11S/c1-15-28(37)19(35)11-23(45-15)46-21-13-34(43,22(36)14-47-33(42)16-7-4-3-5-8-16)12-18-25(21)32(41)27-26(30(18)39)29(38)17-9-6-10-20(44-2)24(17)31(27)40/h3-10,15,19,21,23,28,37,39,41,43H,11-14,35H2,1-2H3/t15?,19?,21-,23?,28?,34-/m0/s1. The minimum Gasteiger partial charge on any atom is -0.507 e. The summed E-state index contributed by atoms with van der Waals surface area (Å²) < 4.78 is 17.3. The quantitative estimate of drug-likeness (QED) is 0.181. The molecular formula is C34H33NO11S. The molecule has 2 aliphatic carbocycles. The molecule has 4 unspecified atom stereocenters. The number of benzene rings is 3. The molecule has 1 heterocycles. The van der Waals surface area contributed by atoms with E-state index in [2.05, 4.69) is 0 Å². The number of aliphatic hydroxyl groups is 2. The van der Waals surface area contributed by atoms with Gasteiger partial charge in [0.25, 0.3) is 0 Å². The van der Waals surface area contributed by atoms with Crippen LogP contribution in [0.5, 0.6) is 17.2 Å². The Bertz CT molecular complexity index is 1780. The number of Topliss-reactive ketones (excluding diaryl/α,β-unsaturated/α-hetero) is 1. The highest BCUT2D eigenvalue weighted by atomic mass is 32.2. The molecule has 12 nitrogen and oxygen atoms in total. The summed E-state index contributed by atoms with van der Waals surface area (Å²) in [5, 5.41) is 45.1. The van der Waals surface area contributed by atoms with E-state index in [4.69, 9.17) is 19.9 Å². The van der Waals surface area contributed by atoms with Crippen LogP contribution in [0.25, 0.3) is 0 Å². The van der Waals surface area contributed by atoms with E-state index in [9.17, 15) is 39.6 Å². The van der Waals surface area contributed by atoms with Crippen LogP contribution in [0, 0.1) is 0 Å². The Morgan fingerprint density at radius 3 is 2.40 bits per heavy atom. The maximum atomic E-state index is 13.9. The van der Waals surface area contributed by atoms with Gasteiger partial charge in [-0.05, 0) is 13.0 Å². The first-order chi connectivity index (χ1) is 22.4.